The minimum absolute atomic E-state index is 0.304. The van der Waals surface area contributed by atoms with Gasteiger partial charge < -0.3 is 10.2 Å². The third kappa shape index (κ3) is 4.06. The number of hydrogen-bond donors (Lipinski definition) is 2. The summed E-state index contributed by atoms with van der Waals surface area (Å²) in [6.45, 7) is 1.96. The van der Waals surface area contributed by atoms with Gasteiger partial charge in [-0.3, -0.25) is 15.0 Å². The number of primary amides is 1. The number of carbonyl (C=O) groups excluding carboxylic acids is 1. The Bertz CT molecular complexity index is 1390. The molecule has 0 saturated carbocycles. The molecule has 0 spiro atoms. The molecule has 0 fully saturated rings. The largest absolute Gasteiger partial charge is 0.423 e. The molecule has 3 aromatic carbocycles. The van der Waals surface area contributed by atoms with Crippen LogP contribution < -0.4 is 16.0 Å². The molecule has 8 heteroatoms. The van der Waals surface area contributed by atoms with Crippen LogP contribution in [0, 0.1) is 0 Å². The first kappa shape index (κ1) is 20.8. The van der Waals surface area contributed by atoms with Gasteiger partial charge in [-0.15, -0.1) is 0 Å². The number of rotatable bonds is 4. The summed E-state index contributed by atoms with van der Waals surface area (Å²) < 4.78 is 5.87. The molecular weight excluding hydrogens is 438 g/mol. The molecule has 0 bridgehead atoms. The van der Waals surface area contributed by atoms with E-state index in [1.807, 2.05) is 72.5 Å². The molecule has 3 N–H and O–H groups in total. The first-order valence-corrected chi connectivity index (χ1v) is 10.7. The Labute approximate surface area is 195 Å². The van der Waals surface area contributed by atoms with Crippen molar-refractivity contribution >= 4 is 46.3 Å². The van der Waals surface area contributed by atoms with E-state index in [1.54, 1.807) is 18.2 Å². The second kappa shape index (κ2) is 8.44. The Morgan fingerprint density at radius 1 is 1.09 bits per heavy atom. The van der Waals surface area contributed by atoms with Crippen LogP contribution in [-0.4, -0.2) is 16.9 Å². The van der Waals surface area contributed by atoms with Crippen LogP contribution in [-0.2, 0) is 0 Å². The molecule has 0 saturated heterocycles. The van der Waals surface area contributed by atoms with E-state index in [0.29, 0.717) is 28.1 Å². The Hall–Kier alpha value is -4.10. The first-order valence-electron chi connectivity index (χ1n) is 10.3. The Morgan fingerprint density at radius 3 is 2.67 bits per heavy atom. The summed E-state index contributed by atoms with van der Waals surface area (Å²) in [5.74, 6) is -0.0251. The smallest absolute Gasteiger partial charge is 0.302 e. The molecule has 164 valence electrons. The van der Waals surface area contributed by atoms with Crippen molar-refractivity contribution in [3.05, 3.63) is 101 Å². The summed E-state index contributed by atoms with van der Waals surface area (Å²) in [5, 5.41) is 3.84. The average Bonchev–Trinajstić information content (AvgIpc) is 3.21. The van der Waals surface area contributed by atoms with Crippen molar-refractivity contribution in [3.8, 4) is 0 Å². The number of nitrogens with one attached hydrogen (secondary N) is 1. The molecule has 1 amide bonds. The molecule has 0 aliphatic carbocycles. The van der Waals surface area contributed by atoms with Gasteiger partial charge in [0.15, 0.2) is 5.58 Å². The van der Waals surface area contributed by atoms with Gasteiger partial charge in [0.2, 0.25) is 11.9 Å². The summed E-state index contributed by atoms with van der Waals surface area (Å²) in [6, 6.07) is 22.1. The van der Waals surface area contributed by atoms with Crippen LogP contribution in [0.5, 0.6) is 0 Å². The number of oxazole rings is 1. The highest BCUT2D eigenvalue weighted by molar-refractivity contribution is 6.31. The molecule has 5 rings (SSSR count). The van der Waals surface area contributed by atoms with E-state index >= 15 is 0 Å². The average molecular weight is 458 g/mol. The Morgan fingerprint density at radius 2 is 1.88 bits per heavy atom. The van der Waals surface area contributed by atoms with E-state index in [-0.39, 0.29) is 6.04 Å². The number of allylic oxidation sites excluding steroid dienone is 1. The highest BCUT2D eigenvalue weighted by atomic mass is 35.5. The quantitative estimate of drug-likeness (QED) is 0.421. The summed E-state index contributed by atoms with van der Waals surface area (Å²) in [7, 11) is 0. The lowest BCUT2D eigenvalue weighted by Crippen LogP contribution is -2.38. The normalized spacial score (nSPS) is 15.8. The van der Waals surface area contributed by atoms with E-state index < -0.39 is 5.91 Å². The third-order valence-corrected chi connectivity index (χ3v) is 5.69. The van der Waals surface area contributed by atoms with E-state index in [4.69, 9.17) is 26.7 Å². The fourth-order valence-corrected chi connectivity index (χ4v) is 4.05. The fraction of sp³-hybridized carbons (Fsp3) is 0.0800. The van der Waals surface area contributed by atoms with E-state index in [9.17, 15) is 4.79 Å². The van der Waals surface area contributed by atoms with Crippen LogP contribution in [0.3, 0.4) is 0 Å². The standard InChI is InChI=1S/C25H20ClN5O2/c1-15-13-21(18-9-2-3-10-19(18)26)28-24(30-25-29-20-11-4-5-12-22(20)33-25)31(15)17-8-6-7-16(14-17)23(27)32/h2-14,21H,1H3,(H2,27,32)(H,28,29,30). The number of hydrogen-bond acceptors (Lipinski definition) is 6. The van der Waals surface area contributed by atoms with E-state index in [1.165, 1.54) is 0 Å². The number of nitrogens with zero attached hydrogens (tertiary/aromatic N) is 3. The monoisotopic (exact) mass is 457 g/mol. The SMILES string of the molecule is CC1=CC(c2ccccc2Cl)N=C(Nc2nc3ccccc3o2)N1c1cccc(C(N)=O)c1. The lowest BCUT2D eigenvalue weighted by molar-refractivity contribution is 0.100. The van der Waals surface area contributed by atoms with Crippen LogP contribution in [0.15, 0.2) is 94.0 Å². The second-order valence-corrected chi connectivity index (χ2v) is 8.00. The summed E-state index contributed by atoms with van der Waals surface area (Å²) in [4.78, 5) is 23.1. The second-order valence-electron chi connectivity index (χ2n) is 7.59. The summed E-state index contributed by atoms with van der Waals surface area (Å²) in [6.07, 6.45) is 2.01. The Kier molecular flexibility index (Phi) is 5.32. The zero-order valence-electron chi connectivity index (χ0n) is 17.7. The maximum absolute atomic E-state index is 11.8. The lowest BCUT2D eigenvalue weighted by Gasteiger charge is -2.32. The number of carbonyl (C=O) groups is 1. The number of benzene rings is 3. The van der Waals surface area contributed by atoms with Gasteiger partial charge in [0.1, 0.15) is 11.6 Å². The van der Waals surface area contributed by atoms with Crippen LogP contribution >= 0.6 is 11.6 Å². The predicted molar refractivity (Wildman–Crippen MR) is 130 cm³/mol. The predicted octanol–water partition coefficient (Wildman–Crippen LogP) is 5.51. The lowest BCUT2D eigenvalue weighted by atomic mass is 10.0. The molecule has 7 nitrogen and oxygen atoms in total. The van der Waals surface area contributed by atoms with Crippen molar-refractivity contribution in [1.82, 2.24) is 4.98 Å². The number of guanidine groups is 1. The third-order valence-electron chi connectivity index (χ3n) is 5.35. The molecule has 1 aliphatic rings. The van der Waals surface area contributed by atoms with Crippen LogP contribution in [0.2, 0.25) is 5.02 Å². The van der Waals surface area contributed by atoms with E-state index in [0.717, 1.165) is 22.5 Å². The van der Waals surface area contributed by atoms with Gasteiger partial charge in [-0.2, -0.15) is 4.98 Å². The number of nitrogens with two attached hydrogens (primary N) is 1. The van der Waals surface area contributed by atoms with Gasteiger partial charge in [0, 0.05) is 22.0 Å². The van der Waals surface area contributed by atoms with Crippen molar-refractivity contribution < 1.29 is 9.21 Å². The van der Waals surface area contributed by atoms with Crippen LogP contribution in [0.4, 0.5) is 11.7 Å². The van der Waals surface area contributed by atoms with Gasteiger partial charge in [0.25, 0.3) is 0 Å². The minimum Gasteiger partial charge on any atom is -0.423 e. The minimum atomic E-state index is -0.505. The summed E-state index contributed by atoms with van der Waals surface area (Å²) >= 11 is 6.46. The van der Waals surface area contributed by atoms with Crippen LogP contribution in [0.1, 0.15) is 28.9 Å². The number of halogens is 1. The molecular formula is C25H20ClN5O2. The molecule has 1 aromatic heterocycles. The maximum atomic E-state index is 11.8. The zero-order chi connectivity index (χ0) is 22.9. The topological polar surface area (TPSA) is 96.8 Å². The van der Waals surface area contributed by atoms with Crippen molar-refractivity contribution in [2.45, 2.75) is 13.0 Å². The number of amides is 1. The van der Waals surface area contributed by atoms with Gasteiger partial charge in [-0.25, -0.2) is 4.99 Å². The molecule has 1 unspecified atom stereocenters. The van der Waals surface area contributed by atoms with Gasteiger partial charge in [0.05, 0.1) is 0 Å². The summed E-state index contributed by atoms with van der Waals surface area (Å²) in [5.41, 5.74) is 9.78. The Balaban J connectivity index is 1.60. The van der Waals surface area contributed by atoms with Gasteiger partial charge in [-0.05, 0) is 55.0 Å². The zero-order valence-corrected chi connectivity index (χ0v) is 18.5. The number of para-hydroxylation sites is 2. The molecule has 1 atom stereocenters. The number of anilines is 2. The number of aliphatic imine (C=N–C) groups is 1. The first-order chi connectivity index (χ1) is 16.0. The molecule has 4 aromatic rings. The van der Waals surface area contributed by atoms with Crippen LogP contribution in [0.25, 0.3) is 11.1 Å². The number of fused-ring (bicyclic) bond motifs is 1. The highest BCUT2D eigenvalue weighted by Crippen LogP contribution is 2.34. The van der Waals surface area contributed by atoms with Crippen molar-refractivity contribution in [3.63, 3.8) is 0 Å². The highest BCUT2D eigenvalue weighted by Gasteiger charge is 2.26. The van der Waals surface area contributed by atoms with E-state index in [2.05, 4.69) is 10.3 Å². The fourth-order valence-electron chi connectivity index (χ4n) is 3.80. The van der Waals surface area contributed by atoms with Crippen molar-refractivity contribution in [1.29, 1.82) is 0 Å². The van der Waals surface area contributed by atoms with Crippen molar-refractivity contribution in [2.75, 3.05) is 10.2 Å². The van der Waals surface area contributed by atoms with Crippen molar-refractivity contribution in [2.24, 2.45) is 10.7 Å². The number of aromatic nitrogens is 1. The molecule has 0 radical (unpaired) electrons. The molecule has 2 heterocycles. The maximum Gasteiger partial charge on any atom is 0.302 e. The molecule has 1 aliphatic heterocycles. The van der Waals surface area contributed by atoms with Gasteiger partial charge >= 0.3 is 6.01 Å². The molecule has 33 heavy (non-hydrogen) atoms. The van der Waals surface area contributed by atoms with Gasteiger partial charge in [-0.1, -0.05) is 48.0 Å².